The van der Waals surface area contributed by atoms with Crippen molar-refractivity contribution in [3.63, 3.8) is 0 Å². The van der Waals surface area contributed by atoms with Crippen LogP contribution in [-0.2, 0) is 23.9 Å². The van der Waals surface area contributed by atoms with Gasteiger partial charge in [0.1, 0.15) is 17.6 Å². The van der Waals surface area contributed by atoms with E-state index < -0.39 is 46.6 Å². The van der Waals surface area contributed by atoms with Gasteiger partial charge in [-0.1, -0.05) is 48.0 Å². The number of likely N-dealkylation sites (tertiary alicyclic amines) is 1. The third-order valence-electron chi connectivity index (χ3n) is 8.82. The molecule has 3 fully saturated rings. The molecule has 8 nitrogen and oxygen atoms in total. The number of carbonyl (C=O) groups is 3. The summed E-state index contributed by atoms with van der Waals surface area (Å²) >= 11 is 0. The quantitative estimate of drug-likeness (QED) is 0.463. The van der Waals surface area contributed by atoms with Gasteiger partial charge >= 0.3 is 5.97 Å². The standard InChI is InChI=1S/C28H48N2O6/c1-11-16(3)18(14-31)30-21(22(32)29-26(8,9)15-25(5,6)7)28-13-17(4)27(10,36-28)20(19(28)23(30)33)24(34)35-12-2/h16-21,31H,11-15H2,1-10H3,(H,29,32)/t16-,17?,18-,19-,20+,21?,27-,28?/m0/s1. The number of hydrogen-bond donors (Lipinski definition) is 2. The number of amides is 2. The predicted molar refractivity (Wildman–Crippen MR) is 137 cm³/mol. The summed E-state index contributed by atoms with van der Waals surface area (Å²) in [6.07, 6.45) is 1.95. The van der Waals surface area contributed by atoms with E-state index in [4.69, 9.17) is 9.47 Å². The Bertz CT molecular complexity index is 882. The number of hydrogen-bond acceptors (Lipinski definition) is 6. The van der Waals surface area contributed by atoms with Crippen LogP contribution in [-0.4, -0.2) is 69.8 Å². The maximum absolute atomic E-state index is 14.2. The lowest BCUT2D eigenvalue weighted by molar-refractivity contribution is -0.163. The Morgan fingerprint density at radius 1 is 1.25 bits per heavy atom. The van der Waals surface area contributed by atoms with Crippen molar-refractivity contribution >= 4 is 17.8 Å². The molecule has 0 aliphatic carbocycles. The van der Waals surface area contributed by atoms with E-state index in [0.717, 1.165) is 12.8 Å². The minimum atomic E-state index is -1.15. The van der Waals surface area contributed by atoms with Crippen LogP contribution in [0.2, 0.25) is 0 Å². The molecule has 0 aromatic heterocycles. The number of rotatable bonds is 9. The van der Waals surface area contributed by atoms with E-state index in [-0.39, 0.29) is 42.3 Å². The van der Waals surface area contributed by atoms with Crippen LogP contribution in [0.4, 0.5) is 0 Å². The SMILES string of the molecule is CCOC(=O)[C@H]1[C@H]2C(=O)N([C@@H](CO)[C@@H](C)CC)C(C(=O)NC(C)(C)CC(C)(C)C)C23CC(C)[C@]1(C)O3. The molecule has 206 valence electrons. The minimum Gasteiger partial charge on any atom is -0.466 e. The summed E-state index contributed by atoms with van der Waals surface area (Å²) < 4.78 is 12.1. The van der Waals surface area contributed by atoms with E-state index in [0.29, 0.717) is 6.42 Å². The minimum absolute atomic E-state index is 0.0214. The zero-order valence-electron chi connectivity index (χ0n) is 23.9. The Morgan fingerprint density at radius 3 is 2.36 bits per heavy atom. The van der Waals surface area contributed by atoms with E-state index >= 15 is 0 Å². The smallest absolute Gasteiger partial charge is 0.312 e. The lowest BCUT2D eigenvalue weighted by Gasteiger charge is -2.41. The molecule has 36 heavy (non-hydrogen) atoms. The number of aliphatic hydroxyl groups is 1. The Hall–Kier alpha value is -1.67. The average molecular weight is 509 g/mol. The summed E-state index contributed by atoms with van der Waals surface area (Å²) in [5.74, 6) is -2.75. The molecule has 3 aliphatic rings. The molecule has 0 aromatic carbocycles. The van der Waals surface area contributed by atoms with Gasteiger partial charge < -0.3 is 24.8 Å². The highest BCUT2D eigenvalue weighted by atomic mass is 16.6. The van der Waals surface area contributed by atoms with E-state index in [1.165, 1.54) is 0 Å². The van der Waals surface area contributed by atoms with Gasteiger partial charge in [-0.05, 0) is 57.8 Å². The second kappa shape index (κ2) is 9.57. The predicted octanol–water partition coefficient (Wildman–Crippen LogP) is 3.30. The third kappa shape index (κ3) is 4.57. The summed E-state index contributed by atoms with van der Waals surface area (Å²) in [6, 6.07) is -1.50. The fourth-order valence-electron chi connectivity index (χ4n) is 7.51. The molecule has 1 spiro atoms. The molecule has 8 atom stereocenters. The normalized spacial score (nSPS) is 35.5. The second-order valence-electron chi connectivity index (χ2n) is 13.4. The Morgan fingerprint density at radius 2 is 1.86 bits per heavy atom. The summed E-state index contributed by atoms with van der Waals surface area (Å²) in [7, 11) is 0. The first kappa shape index (κ1) is 28.9. The summed E-state index contributed by atoms with van der Waals surface area (Å²) in [5, 5.41) is 13.6. The van der Waals surface area contributed by atoms with Gasteiger partial charge in [-0.15, -0.1) is 0 Å². The summed E-state index contributed by atoms with van der Waals surface area (Å²) in [4.78, 5) is 43.2. The van der Waals surface area contributed by atoms with Gasteiger partial charge in [0.25, 0.3) is 0 Å². The van der Waals surface area contributed by atoms with Gasteiger partial charge in [0.15, 0.2) is 0 Å². The third-order valence-corrected chi connectivity index (χ3v) is 8.82. The number of esters is 1. The molecular weight excluding hydrogens is 460 g/mol. The van der Waals surface area contributed by atoms with E-state index in [1.807, 2.05) is 41.5 Å². The summed E-state index contributed by atoms with van der Waals surface area (Å²) in [5.41, 5.74) is -2.60. The number of aliphatic hydroxyl groups excluding tert-OH is 1. The fourth-order valence-corrected chi connectivity index (χ4v) is 7.51. The van der Waals surface area contributed by atoms with Crippen LogP contribution in [0.25, 0.3) is 0 Å². The van der Waals surface area contributed by atoms with Crippen molar-refractivity contribution in [1.82, 2.24) is 10.2 Å². The van der Waals surface area contributed by atoms with Crippen molar-refractivity contribution in [2.75, 3.05) is 13.2 Å². The molecule has 3 saturated heterocycles. The van der Waals surface area contributed by atoms with E-state index in [1.54, 1.807) is 11.8 Å². The first-order chi connectivity index (χ1) is 16.5. The zero-order valence-corrected chi connectivity index (χ0v) is 23.9. The second-order valence-corrected chi connectivity index (χ2v) is 13.4. The van der Waals surface area contributed by atoms with E-state index in [9.17, 15) is 19.5 Å². The Balaban J connectivity index is 2.13. The molecular formula is C28H48N2O6. The number of nitrogens with one attached hydrogen (secondary N) is 1. The van der Waals surface area contributed by atoms with Gasteiger partial charge in [-0.3, -0.25) is 14.4 Å². The molecule has 3 unspecified atom stereocenters. The highest BCUT2D eigenvalue weighted by Crippen LogP contribution is 2.65. The molecule has 3 aliphatic heterocycles. The zero-order chi connectivity index (χ0) is 27.4. The van der Waals surface area contributed by atoms with Crippen molar-refractivity contribution in [2.45, 2.75) is 117 Å². The van der Waals surface area contributed by atoms with Crippen LogP contribution in [0.5, 0.6) is 0 Å². The van der Waals surface area contributed by atoms with Gasteiger partial charge in [-0.2, -0.15) is 0 Å². The molecule has 2 bridgehead atoms. The molecule has 8 heteroatoms. The Kier molecular flexibility index (Phi) is 7.68. The van der Waals surface area contributed by atoms with Gasteiger partial charge in [0.2, 0.25) is 11.8 Å². The first-order valence-electron chi connectivity index (χ1n) is 13.6. The number of ether oxygens (including phenoxy) is 2. The molecule has 2 amide bonds. The maximum Gasteiger partial charge on any atom is 0.312 e. The number of nitrogens with zero attached hydrogens (tertiary/aromatic N) is 1. The number of carbonyl (C=O) groups excluding carboxylic acids is 3. The van der Waals surface area contributed by atoms with Crippen molar-refractivity contribution in [3.05, 3.63) is 0 Å². The van der Waals surface area contributed by atoms with Gasteiger partial charge in [0.05, 0.1) is 30.8 Å². The monoisotopic (exact) mass is 508 g/mol. The van der Waals surface area contributed by atoms with Crippen molar-refractivity contribution < 1.29 is 29.0 Å². The van der Waals surface area contributed by atoms with Crippen LogP contribution in [0, 0.1) is 29.1 Å². The highest BCUT2D eigenvalue weighted by Gasteiger charge is 2.80. The lowest BCUT2D eigenvalue weighted by atomic mass is 9.62. The summed E-state index contributed by atoms with van der Waals surface area (Å²) in [6.45, 7) is 19.9. The topological polar surface area (TPSA) is 105 Å². The van der Waals surface area contributed by atoms with Crippen LogP contribution in [0.1, 0.15) is 88.5 Å². The molecule has 0 radical (unpaired) electrons. The fraction of sp³-hybridized carbons (Fsp3) is 0.893. The molecule has 3 rings (SSSR count). The van der Waals surface area contributed by atoms with Crippen molar-refractivity contribution in [2.24, 2.45) is 29.1 Å². The van der Waals surface area contributed by atoms with Crippen LogP contribution in [0.3, 0.4) is 0 Å². The van der Waals surface area contributed by atoms with Crippen LogP contribution >= 0.6 is 0 Å². The average Bonchev–Trinajstić information content (AvgIpc) is 3.23. The Labute approximate surface area is 216 Å². The lowest BCUT2D eigenvalue weighted by Crippen LogP contribution is -2.62. The first-order valence-corrected chi connectivity index (χ1v) is 13.6. The molecule has 3 heterocycles. The van der Waals surface area contributed by atoms with Crippen LogP contribution < -0.4 is 5.32 Å². The van der Waals surface area contributed by atoms with Crippen LogP contribution in [0.15, 0.2) is 0 Å². The largest absolute Gasteiger partial charge is 0.466 e. The molecule has 0 saturated carbocycles. The van der Waals surface area contributed by atoms with Crippen molar-refractivity contribution in [3.8, 4) is 0 Å². The highest BCUT2D eigenvalue weighted by molar-refractivity contribution is 5.99. The van der Waals surface area contributed by atoms with E-state index in [2.05, 4.69) is 26.1 Å². The van der Waals surface area contributed by atoms with Gasteiger partial charge in [-0.25, -0.2) is 0 Å². The molecule has 2 N–H and O–H groups in total. The maximum atomic E-state index is 14.2. The molecule has 0 aromatic rings. The van der Waals surface area contributed by atoms with Gasteiger partial charge in [0, 0.05) is 5.54 Å². The number of fused-ring (bicyclic) bond motifs is 1. The van der Waals surface area contributed by atoms with Crippen molar-refractivity contribution in [1.29, 1.82) is 0 Å².